The van der Waals surface area contributed by atoms with E-state index in [1.807, 2.05) is 0 Å². The summed E-state index contributed by atoms with van der Waals surface area (Å²) in [4.78, 5) is 29.6. The van der Waals surface area contributed by atoms with Crippen LogP contribution in [0.25, 0.3) is 11.2 Å². The number of fused-ring (bicyclic) bond motifs is 1. The van der Waals surface area contributed by atoms with Crippen LogP contribution in [0, 0.1) is 5.92 Å². The number of aromatic nitrogens is 5. The van der Waals surface area contributed by atoms with E-state index in [-0.39, 0.29) is 23.7 Å². The molecule has 1 atom stereocenters. The van der Waals surface area contributed by atoms with Crippen molar-refractivity contribution in [1.82, 2.24) is 23.8 Å². The van der Waals surface area contributed by atoms with Crippen molar-refractivity contribution in [2.24, 2.45) is 20.0 Å². The fourth-order valence-corrected chi connectivity index (χ4v) is 3.62. The lowest BCUT2D eigenvalue weighted by molar-refractivity contribution is 0.234. The first kappa shape index (κ1) is 15.9. The van der Waals surface area contributed by atoms with Gasteiger partial charge in [0, 0.05) is 25.6 Å². The molecule has 3 aromatic heterocycles. The number of hydrogen-bond donors (Lipinski definition) is 0. The Morgan fingerprint density at radius 1 is 1.32 bits per heavy atom. The first-order valence-electron chi connectivity index (χ1n) is 8.53. The Kier molecular flexibility index (Phi) is 3.63. The van der Waals surface area contributed by atoms with Gasteiger partial charge in [0.2, 0.25) is 0 Å². The van der Waals surface area contributed by atoms with Gasteiger partial charge in [-0.25, -0.2) is 9.78 Å². The third-order valence-electron chi connectivity index (χ3n) is 5.48. The summed E-state index contributed by atoms with van der Waals surface area (Å²) in [6.07, 6.45) is 6.77. The Hall–Kier alpha value is -2.64. The van der Waals surface area contributed by atoms with Crippen LogP contribution in [-0.2, 0) is 20.6 Å². The van der Waals surface area contributed by atoms with Crippen molar-refractivity contribution >= 4 is 11.2 Å². The smallest absolute Gasteiger partial charge is 0.332 e. The molecule has 1 saturated carbocycles. The van der Waals surface area contributed by atoms with E-state index in [2.05, 4.69) is 17.1 Å². The Balaban J connectivity index is 1.80. The Labute approximate surface area is 143 Å². The summed E-state index contributed by atoms with van der Waals surface area (Å²) in [5, 5.41) is 3.92. The number of nitrogens with zero attached hydrogens (tertiary/aromatic N) is 5. The largest absolute Gasteiger partial charge is 0.361 e. The minimum atomic E-state index is -0.389. The fraction of sp³-hybridized carbons (Fsp3) is 0.529. The van der Waals surface area contributed by atoms with Gasteiger partial charge in [0.05, 0.1) is 19.1 Å². The van der Waals surface area contributed by atoms with Gasteiger partial charge in [-0.1, -0.05) is 18.5 Å². The molecule has 0 aromatic carbocycles. The molecule has 8 heteroatoms. The molecule has 0 aliphatic heterocycles. The van der Waals surface area contributed by atoms with Gasteiger partial charge < -0.3 is 9.09 Å². The van der Waals surface area contributed by atoms with Gasteiger partial charge in [0.15, 0.2) is 11.2 Å². The number of hydrogen-bond acceptors (Lipinski definition) is 5. The lowest BCUT2D eigenvalue weighted by Gasteiger charge is -2.30. The van der Waals surface area contributed by atoms with Crippen molar-refractivity contribution in [1.29, 1.82) is 0 Å². The van der Waals surface area contributed by atoms with Gasteiger partial charge in [-0.15, -0.1) is 0 Å². The van der Waals surface area contributed by atoms with Crippen molar-refractivity contribution in [3.63, 3.8) is 0 Å². The van der Waals surface area contributed by atoms with Crippen LogP contribution in [0.15, 0.2) is 26.6 Å². The third-order valence-corrected chi connectivity index (χ3v) is 5.48. The predicted octanol–water partition coefficient (Wildman–Crippen LogP) is 1.37. The fourth-order valence-electron chi connectivity index (χ4n) is 3.62. The summed E-state index contributed by atoms with van der Waals surface area (Å²) in [5.41, 5.74) is 0.857. The van der Waals surface area contributed by atoms with Crippen molar-refractivity contribution in [2.75, 3.05) is 0 Å². The van der Waals surface area contributed by atoms with Crippen LogP contribution < -0.4 is 11.2 Å². The van der Waals surface area contributed by atoms with Crippen LogP contribution in [0.3, 0.4) is 0 Å². The molecule has 0 amide bonds. The predicted molar refractivity (Wildman–Crippen MR) is 91.6 cm³/mol. The minimum Gasteiger partial charge on any atom is -0.361 e. The highest BCUT2D eigenvalue weighted by molar-refractivity contribution is 5.69. The number of imidazole rings is 1. The van der Waals surface area contributed by atoms with Crippen molar-refractivity contribution in [2.45, 2.75) is 38.6 Å². The number of aryl methyl sites for hydroxylation is 2. The lowest BCUT2D eigenvalue weighted by atomic mass is 9.75. The molecule has 4 rings (SSSR count). The SMILES string of the molecule is CC(c1oncc1Cn1c(=O)c2c(ncn2C)n(C)c1=O)C1CCC1. The average Bonchev–Trinajstić information content (AvgIpc) is 3.14. The van der Waals surface area contributed by atoms with Crippen molar-refractivity contribution in [3.8, 4) is 0 Å². The van der Waals surface area contributed by atoms with Crippen LogP contribution in [0.5, 0.6) is 0 Å². The molecular formula is C17H21N5O3. The zero-order valence-corrected chi connectivity index (χ0v) is 14.6. The summed E-state index contributed by atoms with van der Waals surface area (Å²) in [6.45, 7) is 2.28. The topological polar surface area (TPSA) is 87.8 Å². The average molecular weight is 343 g/mol. The van der Waals surface area contributed by atoms with Gasteiger partial charge in [0.1, 0.15) is 5.76 Å². The molecule has 0 bridgehead atoms. The molecule has 1 aliphatic rings. The van der Waals surface area contributed by atoms with Crippen LogP contribution in [0.4, 0.5) is 0 Å². The first-order chi connectivity index (χ1) is 12.0. The maximum Gasteiger partial charge on any atom is 0.332 e. The van der Waals surface area contributed by atoms with E-state index in [1.165, 1.54) is 28.4 Å². The Bertz CT molecular complexity index is 1050. The van der Waals surface area contributed by atoms with E-state index in [0.29, 0.717) is 17.1 Å². The maximum atomic E-state index is 12.8. The monoisotopic (exact) mass is 343 g/mol. The third kappa shape index (κ3) is 2.35. The lowest BCUT2D eigenvalue weighted by Crippen LogP contribution is -2.40. The standard InChI is InChI=1S/C17H21N5O3/c1-10(11-5-4-6-11)14-12(7-19-25-14)8-22-16(23)13-15(18-9-20(13)2)21(3)17(22)24/h7,9-11H,4-6,8H2,1-3H3. The molecule has 0 N–H and O–H groups in total. The summed E-state index contributed by atoms with van der Waals surface area (Å²) in [6, 6.07) is 0. The zero-order chi connectivity index (χ0) is 17.7. The normalized spacial score (nSPS) is 16.3. The molecule has 3 heterocycles. The molecule has 3 aromatic rings. The van der Waals surface area contributed by atoms with E-state index >= 15 is 0 Å². The highest BCUT2D eigenvalue weighted by Gasteiger charge is 2.29. The van der Waals surface area contributed by atoms with Crippen LogP contribution in [-0.4, -0.2) is 23.8 Å². The molecular weight excluding hydrogens is 322 g/mol. The van der Waals surface area contributed by atoms with Crippen molar-refractivity contribution < 1.29 is 4.52 Å². The highest BCUT2D eigenvalue weighted by atomic mass is 16.5. The molecule has 0 radical (unpaired) electrons. The highest BCUT2D eigenvalue weighted by Crippen LogP contribution is 2.39. The van der Waals surface area contributed by atoms with Crippen molar-refractivity contribution in [3.05, 3.63) is 44.7 Å². The van der Waals surface area contributed by atoms with Crippen LogP contribution in [0.1, 0.15) is 43.4 Å². The Morgan fingerprint density at radius 2 is 2.08 bits per heavy atom. The van der Waals surface area contributed by atoms with Gasteiger partial charge in [-0.3, -0.25) is 13.9 Å². The Morgan fingerprint density at radius 3 is 2.76 bits per heavy atom. The van der Waals surface area contributed by atoms with Crippen LogP contribution in [0.2, 0.25) is 0 Å². The van der Waals surface area contributed by atoms with Gasteiger partial charge in [-0.05, 0) is 18.8 Å². The first-order valence-corrected chi connectivity index (χ1v) is 8.53. The quantitative estimate of drug-likeness (QED) is 0.714. The summed E-state index contributed by atoms with van der Waals surface area (Å²) < 4.78 is 9.74. The second-order valence-corrected chi connectivity index (χ2v) is 6.96. The summed E-state index contributed by atoms with van der Waals surface area (Å²) in [5.74, 6) is 1.61. The second kappa shape index (κ2) is 5.72. The summed E-state index contributed by atoms with van der Waals surface area (Å²) in [7, 11) is 3.37. The zero-order valence-electron chi connectivity index (χ0n) is 14.6. The van der Waals surface area contributed by atoms with E-state index in [1.54, 1.807) is 31.2 Å². The van der Waals surface area contributed by atoms with E-state index < -0.39 is 0 Å². The van der Waals surface area contributed by atoms with E-state index in [4.69, 9.17) is 4.52 Å². The molecule has 132 valence electrons. The van der Waals surface area contributed by atoms with Gasteiger partial charge >= 0.3 is 5.69 Å². The maximum absolute atomic E-state index is 12.8. The van der Waals surface area contributed by atoms with Crippen LogP contribution >= 0.6 is 0 Å². The molecule has 1 fully saturated rings. The molecule has 8 nitrogen and oxygen atoms in total. The summed E-state index contributed by atoms with van der Waals surface area (Å²) >= 11 is 0. The molecule has 0 saturated heterocycles. The molecule has 1 aliphatic carbocycles. The second-order valence-electron chi connectivity index (χ2n) is 6.96. The van der Waals surface area contributed by atoms with Gasteiger partial charge in [-0.2, -0.15) is 0 Å². The minimum absolute atomic E-state index is 0.155. The van der Waals surface area contributed by atoms with E-state index in [0.717, 1.165) is 11.3 Å². The molecule has 0 spiro atoms. The van der Waals surface area contributed by atoms with Gasteiger partial charge in [0.25, 0.3) is 5.56 Å². The molecule has 25 heavy (non-hydrogen) atoms. The number of rotatable bonds is 4. The van der Waals surface area contributed by atoms with E-state index in [9.17, 15) is 9.59 Å². The molecule has 1 unspecified atom stereocenters.